The molecular formula is C14H13NOS. The lowest BCUT2D eigenvalue weighted by molar-refractivity contribution is -0.105. The Morgan fingerprint density at radius 1 is 1.06 bits per heavy atom. The summed E-state index contributed by atoms with van der Waals surface area (Å²) in [6, 6.07) is 16.1. The van der Waals surface area contributed by atoms with Crippen LogP contribution in [0.1, 0.15) is 0 Å². The van der Waals surface area contributed by atoms with Crippen molar-refractivity contribution in [3.05, 3.63) is 48.5 Å². The second-order valence-corrected chi connectivity index (χ2v) is 4.39. The van der Waals surface area contributed by atoms with Crippen molar-refractivity contribution in [1.29, 1.82) is 0 Å². The molecular weight excluding hydrogens is 230 g/mol. The normalized spacial score (nSPS) is 9.94. The van der Waals surface area contributed by atoms with Gasteiger partial charge in [0.1, 0.15) is 0 Å². The Bertz CT molecular complexity index is 508. The van der Waals surface area contributed by atoms with Crippen LogP contribution in [0.5, 0.6) is 0 Å². The monoisotopic (exact) mass is 243 g/mol. The Balaban J connectivity index is 2.36. The minimum absolute atomic E-state index is 0.685. The van der Waals surface area contributed by atoms with Crippen LogP contribution >= 0.6 is 11.8 Å². The molecule has 0 radical (unpaired) electrons. The first-order valence-corrected chi connectivity index (χ1v) is 6.51. The van der Waals surface area contributed by atoms with Crippen molar-refractivity contribution >= 4 is 23.9 Å². The summed E-state index contributed by atoms with van der Waals surface area (Å²) in [7, 11) is 0. The summed E-state index contributed by atoms with van der Waals surface area (Å²) in [4.78, 5) is 11.6. The molecule has 0 unspecified atom stereocenters. The molecule has 1 N–H and O–H groups in total. The summed E-state index contributed by atoms with van der Waals surface area (Å²) in [6.45, 7) is 0. The number of carbonyl (C=O) groups is 1. The molecule has 0 spiro atoms. The number of hydrogen-bond donors (Lipinski definition) is 1. The predicted octanol–water partition coefficient (Wildman–Crippen LogP) is 3.64. The lowest BCUT2D eigenvalue weighted by Gasteiger charge is -2.07. The number of amides is 1. The fourth-order valence-electron chi connectivity index (χ4n) is 1.70. The molecule has 0 atom stereocenters. The Kier molecular flexibility index (Phi) is 3.83. The summed E-state index contributed by atoms with van der Waals surface area (Å²) < 4.78 is 0. The van der Waals surface area contributed by atoms with E-state index in [-0.39, 0.29) is 0 Å². The second-order valence-electron chi connectivity index (χ2n) is 3.54. The van der Waals surface area contributed by atoms with E-state index < -0.39 is 0 Å². The molecule has 0 saturated heterocycles. The van der Waals surface area contributed by atoms with Crippen LogP contribution in [0.3, 0.4) is 0 Å². The van der Waals surface area contributed by atoms with E-state index in [2.05, 4.69) is 23.7 Å². The smallest absolute Gasteiger partial charge is 0.211 e. The van der Waals surface area contributed by atoms with Gasteiger partial charge in [-0.1, -0.05) is 30.3 Å². The predicted molar refractivity (Wildman–Crippen MR) is 73.3 cm³/mol. The van der Waals surface area contributed by atoms with Gasteiger partial charge in [0.15, 0.2) is 0 Å². The first kappa shape index (κ1) is 11.7. The van der Waals surface area contributed by atoms with Gasteiger partial charge in [-0.2, -0.15) is 0 Å². The van der Waals surface area contributed by atoms with E-state index >= 15 is 0 Å². The summed E-state index contributed by atoms with van der Waals surface area (Å²) in [6.07, 6.45) is 2.76. The Morgan fingerprint density at radius 2 is 1.76 bits per heavy atom. The molecule has 0 aliphatic rings. The molecule has 0 fully saturated rings. The third kappa shape index (κ3) is 2.68. The van der Waals surface area contributed by atoms with Gasteiger partial charge in [0, 0.05) is 10.6 Å². The van der Waals surface area contributed by atoms with Crippen molar-refractivity contribution in [2.75, 3.05) is 11.6 Å². The van der Waals surface area contributed by atoms with E-state index in [0.29, 0.717) is 6.41 Å². The van der Waals surface area contributed by atoms with Gasteiger partial charge >= 0.3 is 0 Å². The Labute approximate surface area is 105 Å². The van der Waals surface area contributed by atoms with E-state index in [1.165, 1.54) is 10.5 Å². The molecule has 2 aromatic rings. The van der Waals surface area contributed by atoms with Gasteiger partial charge in [-0.15, -0.1) is 11.8 Å². The fraction of sp³-hybridized carbons (Fsp3) is 0.0714. The van der Waals surface area contributed by atoms with Crippen LogP contribution < -0.4 is 5.32 Å². The van der Waals surface area contributed by atoms with Crippen LogP contribution in [-0.2, 0) is 4.79 Å². The van der Waals surface area contributed by atoms with E-state index in [1.54, 1.807) is 11.8 Å². The third-order valence-electron chi connectivity index (χ3n) is 2.53. The third-order valence-corrected chi connectivity index (χ3v) is 3.32. The molecule has 3 heteroatoms. The van der Waals surface area contributed by atoms with Crippen molar-refractivity contribution in [3.63, 3.8) is 0 Å². The standard InChI is InChI=1S/C14H13NOS/c1-17-14-5-3-2-4-13(14)11-6-8-12(9-7-11)15-10-16/h2-10H,1H3,(H,15,16). The number of rotatable bonds is 4. The van der Waals surface area contributed by atoms with Crippen LogP contribution in [0, 0.1) is 0 Å². The molecule has 2 aromatic carbocycles. The van der Waals surface area contributed by atoms with Crippen molar-refractivity contribution < 1.29 is 4.79 Å². The summed E-state index contributed by atoms with van der Waals surface area (Å²) in [5, 5.41) is 2.63. The molecule has 0 heterocycles. The van der Waals surface area contributed by atoms with Gasteiger partial charge in [0.25, 0.3) is 0 Å². The number of benzene rings is 2. The largest absolute Gasteiger partial charge is 0.329 e. The molecule has 1 amide bonds. The number of hydrogen-bond acceptors (Lipinski definition) is 2. The van der Waals surface area contributed by atoms with E-state index in [9.17, 15) is 4.79 Å². The van der Waals surface area contributed by atoms with Gasteiger partial charge in [-0.05, 0) is 35.6 Å². The minimum atomic E-state index is 0.685. The zero-order chi connectivity index (χ0) is 12.1. The van der Waals surface area contributed by atoms with Crippen LogP contribution in [0.4, 0.5) is 5.69 Å². The van der Waals surface area contributed by atoms with Crippen LogP contribution in [-0.4, -0.2) is 12.7 Å². The summed E-state index contributed by atoms with van der Waals surface area (Å²) in [5.74, 6) is 0. The van der Waals surface area contributed by atoms with Gasteiger partial charge in [0.05, 0.1) is 0 Å². The molecule has 17 heavy (non-hydrogen) atoms. The van der Waals surface area contributed by atoms with Gasteiger partial charge in [-0.25, -0.2) is 0 Å². The molecule has 0 saturated carbocycles. The fourth-order valence-corrected chi connectivity index (χ4v) is 2.32. The number of thioether (sulfide) groups is 1. The Hall–Kier alpha value is -1.74. The lowest BCUT2D eigenvalue weighted by Crippen LogP contribution is -1.92. The number of carbonyl (C=O) groups excluding carboxylic acids is 1. The highest BCUT2D eigenvalue weighted by molar-refractivity contribution is 7.98. The molecule has 2 nitrogen and oxygen atoms in total. The topological polar surface area (TPSA) is 29.1 Å². The maximum Gasteiger partial charge on any atom is 0.211 e. The lowest BCUT2D eigenvalue weighted by atomic mass is 10.1. The first-order chi connectivity index (χ1) is 8.35. The Morgan fingerprint density at radius 3 is 2.41 bits per heavy atom. The van der Waals surface area contributed by atoms with Crippen molar-refractivity contribution in [2.24, 2.45) is 0 Å². The zero-order valence-corrected chi connectivity index (χ0v) is 10.3. The molecule has 0 aliphatic carbocycles. The minimum Gasteiger partial charge on any atom is -0.329 e. The SMILES string of the molecule is CSc1ccccc1-c1ccc(NC=O)cc1. The van der Waals surface area contributed by atoms with Crippen molar-refractivity contribution in [2.45, 2.75) is 4.90 Å². The van der Waals surface area contributed by atoms with E-state index in [4.69, 9.17) is 0 Å². The molecule has 0 aromatic heterocycles. The molecule has 2 rings (SSSR count). The highest BCUT2D eigenvalue weighted by Gasteiger charge is 2.03. The summed E-state index contributed by atoms with van der Waals surface area (Å²) >= 11 is 1.73. The summed E-state index contributed by atoms with van der Waals surface area (Å²) in [5.41, 5.74) is 3.19. The average molecular weight is 243 g/mol. The van der Waals surface area contributed by atoms with Gasteiger partial charge in [-0.3, -0.25) is 4.79 Å². The maximum atomic E-state index is 10.3. The van der Waals surface area contributed by atoms with Crippen LogP contribution in [0.25, 0.3) is 11.1 Å². The maximum absolute atomic E-state index is 10.3. The average Bonchev–Trinajstić information content (AvgIpc) is 2.40. The molecule has 0 bridgehead atoms. The molecule has 0 aliphatic heterocycles. The highest BCUT2D eigenvalue weighted by Crippen LogP contribution is 2.30. The number of anilines is 1. The van der Waals surface area contributed by atoms with Gasteiger partial charge < -0.3 is 5.32 Å². The highest BCUT2D eigenvalue weighted by atomic mass is 32.2. The van der Waals surface area contributed by atoms with E-state index in [0.717, 1.165) is 11.3 Å². The van der Waals surface area contributed by atoms with Crippen LogP contribution in [0.15, 0.2) is 53.4 Å². The van der Waals surface area contributed by atoms with Gasteiger partial charge in [0.2, 0.25) is 6.41 Å². The quantitative estimate of drug-likeness (QED) is 0.656. The van der Waals surface area contributed by atoms with Crippen LogP contribution in [0.2, 0.25) is 0 Å². The molecule has 86 valence electrons. The second kappa shape index (κ2) is 5.55. The van der Waals surface area contributed by atoms with E-state index in [1.807, 2.05) is 36.4 Å². The van der Waals surface area contributed by atoms with Crippen molar-refractivity contribution in [1.82, 2.24) is 0 Å². The zero-order valence-electron chi connectivity index (χ0n) is 9.51. The number of nitrogens with one attached hydrogen (secondary N) is 1. The first-order valence-electron chi connectivity index (χ1n) is 5.29. The van der Waals surface area contributed by atoms with Crippen molar-refractivity contribution in [3.8, 4) is 11.1 Å².